The van der Waals surface area contributed by atoms with Crippen molar-refractivity contribution in [3.8, 4) is 0 Å². The monoisotopic (exact) mass is 356 g/mol. The SMILES string of the molecule is NC(=O)c1ccc(N2CCCC2)c(NCC(=O)Nc2ccccc2F)c1. The van der Waals surface area contributed by atoms with Crippen molar-refractivity contribution in [1.29, 1.82) is 0 Å². The smallest absolute Gasteiger partial charge is 0.248 e. The van der Waals surface area contributed by atoms with Crippen molar-refractivity contribution < 1.29 is 14.0 Å². The normalized spacial score (nSPS) is 13.5. The summed E-state index contributed by atoms with van der Waals surface area (Å²) in [6, 6.07) is 11.1. The van der Waals surface area contributed by atoms with Gasteiger partial charge in [0.2, 0.25) is 11.8 Å². The molecule has 0 saturated carbocycles. The molecule has 1 fully saturated rings. The van der Waals surface area contributed by atoms with E-state index in [1.165, 1.54) is 12.1 Å². The lowest BCUT2D eigenvalue weighted by atomic mass is 10.1. The van der Waals surface area contributed by atoms with Crippen LogP contribution in [0, 0.1) is 5.82 Å². The summed E-state index contributed by atoms with van der Waals surface area (Å²) < 4.78 is 13.6. The van der Waals surface area contributed by atoms with Crippen LogP contribution >= 0.6 is 0 Å². The van der Waals surface area contributed by atoms with Gasteiger partial charge in [0.05, 0.1) is 23.6 Å². The molecule has 2 aromatic rings. The molecule has 1 aliphatic rings. The van der Waals surface area contributed by atoms with Crippen molar-refractivity contribution in [2.45, 2.75) is 12.8 Å². The number of hydrogen-bond acceptors (Lipinski definition) is 4. The number of amides is 2. The van der Waals surface area contributed by atoms with E-state index in [0.717, 1.165) is 31.6 Å². The first kappa shape index (κ1) is 17.7. The molecule has 6 nitrogen and oxygen atoms in total. The van der Waals surface area contributed by atoms with E-state index < -0.39 is 11.7 Å². The first-order chi connectivity index (χ1) is 12.5. The van der Waals surface area contributed by atoms with Gasteiger partial charge in [0, 0.05) is 18.7 Å². The molecule has 2 amide bonds. The van der Waals surface area contributed by atoms with Crippen molar-refractivity contribution in [2.75, 3.05) is 35.2 Å². The average molecular weight is 356 g/mol. The predicted molar refractivity (Wildman–Crippen MR) is 99.9 cm³/mol. The molecule has 4 N–H and O–H groups in total. The first-order valence-corrected chi connectivity index (χ1v) is 8.51. The molecule has 7 heteroatoms. The van der Waals surface area contributed by atoms with Crippen LogP contribution in [0.2, 0.25) is 0 Å². The molecule has 0 bridgehead atoms. The first-order valence-electron chi connectivity index (χ1n) is 8.51. The molecule has 0 aromatic heterocycles. The zero-order chi connectivity index (χ0) is 18.5. The summed E-state index contributed by atoms with van der Waals surface area (Å²) in [6.45, 7) is 1.79. The average Bonchev–Trinajstić information content (AvgIpc) is 3.16. The third-order valence-corrected chi connectivity index (χ3v) is 4.32. The molecule has 136 valence electrons. The maximum Gasteiger partial charge on any atom is 0.248 e. The number of para-hydroxylation sites is 1. The molecular weight excluding hydrogens is 335 g/mol. The Kier molecular flexibility index (Phi) is 5.36. The van der Waals surface area contributed by atoms with Crippen LogP contribution in [0.5, 0.6) is 0 Å². The molecule has 2 aromatic carbocycles. The third-order valence-electron chi connectivity index (χ3n) is 4.32. The van der Waals surface area contributed by atoms with Gasteiger partial charge in [0.15, 0.2) is 0 Å². The minimum absolute atomic E-state index is 0.0581. The van der Waals surface area contributed by atoms with Crippen molar-refractivity contribution in [1.82, 2.24) is 0 Å². The quantitative estimate of drug-likeness (QED) is 0.742. The van der Waals surface area contributed by atoms with Crippen molar-refractivity contribution in [3.05, 3.63) is 53.8 Å². The van der Waals surface area contributed by atoms with Gasteiger partial charge in [0.25, 0.3) is 0 Å². The highest BCUT2D eigenvalue weighted by atomic mass is 19.1. The van der Waals surface area contributed by atoms with Gasteiger partial charge >= 0.3 is 0 Å². The topological polar surface area (TPSA) is 87.5 Å². The van der Waals surface area contributed by atoms with E-state index in [2.05, 4.69) is 15.5 Å². The van der Waals surface area contributed by atoms with E-state index in [1.54, 1.807) is 24.3 Å². The highest BCUT2D eigenvalue weighted by molar-refractivity contribution is 5.97. The molecule has 0 aliphatic carbocycles. The molecule has 0 unspecified atom stereocenters. The van der Waals surface area contributed by atoms with Crippen LogP contribution in [0.15, 0.2) is 42.5 Å². The van der Waals surface area contributed by atoms with Gasteiger partial charge in [-0.2, -0.15) is 0 Å². The van der Waals surface area contributed by atoms with E-state index in [9.17, 15) is 14.0 Å². The van der Waals surface area contributed by atoms with Gasteiger partial charge in [-0.3, -0.25) is 9.59 Å². The van der Waals surface area contributed by atoms with Crippen LogP contribution < -0.4 is 21.3 Å². The second-order valence-electron chi connectivity index (χ2n) is 6.17. The lowest BCUT2D eigenvalue weighted by Crippen LogP contribution is -2.25. The summed E-state index contributed by atoms with van der Waals surface area (Å²) in [4.78, 5) is 25.8. The number of nitrogens with one attached hydrogen (secondary N) is 2. The van der Waals surface area contributed by atoms with Gasteiger partial charge in [-0.05, 0) is 43.2 Å². The maximum absolute atomic E-state index is 13.6. The molecule has 3 rings (SSSR count). The minimum atomic E-state index is -0.531. The second-order valence-corrected chi connectivity index (χ2v) is 6.17. The Bertz CT molecular complexity index is 819. The minimum Gasteiger partial charge on any atom is -0.374 e. The van der Waals surface area contributed by atoms with Crippen LogP contribution in [-0.4, -0.2) is 31.4 Å². The van der Waals surface area contributed by atoms with Gasteiger partial charge in [0.1, 0.15) is 5.82 Å². The Morgan fingerprint density at radius 1 is 1.08 bits per heavy atom. The van der Waals surface area contributed by atoms with Gasteiger partial charge < -0.3 is 21.3 Å². The standard InChI is InChI=1S/C19H21FN4O2/c20-14-5-1-2-6-15(14)23-18(25)12-22-16-11-13(19(21)26)7-8-17(16)24-9-3-4-10-24/h1-2,5-8,11,22H,3-4,9-10,12H2,(H2,21,26)(H,23,25). The third kappa shape index (κ3) is 4.11. The zero-order valence-corrected chi connectivity index (χ0v) is 14.3. The Morgan fingerprint density at radius 3 is 2.50 bits per heavy atom. The number of hydrogen-bond donors (Lipinski definition) is 3. The summed E-state index contributed by atoms with van der Waals surface area (Å²) in [5.41, 5.74) is 7.44. The van der Waals surface area contributed by atoms with Crippen molar-refractivity contribution >= 4 is 28.9 Å². The number of nitrogens with two attached hydrogens (primary N) is 1. The number of carbonyl (C=O) groups is 2. The summed E-state index contributed by atoms with van der Waals surface area (Å²) in [5, 5.41) is 5.57. The molecular formula is C19H21FN4O2. The van der Waals surface area contributed by atoms with Crippen molar-refractivity contribution in [2.24, 2.45) is 5.73 Å². The van der Waals surface area contributed by atoms with E-state index in [4.69, 9.17) is 5.73 Å². The Labute approximate surface area is 151 Å². The summed E-state index contributed by atoms with van der Waals surface area (Å²) in [6.07, 6.45) is 2.20. The fraction of sp³-hybridized carbons (Fsp3) is 0.263. The van der Waals surface area contributed by atoms with Crippen LogP contribution in [0.25, 0.3) is 0 Å². The number of benzene rings is 2. The summed E-state index contributed by atoms with van der Waals surface area (Å²) >= 11 is 0. The zero-order valence-electron chi connectivity index (χ0n) is 14.3. The molecule has 0 spiro atoms. The number of halogens is 1. The van der Waals surface area contributed by atoms with Gasteiger partial charge in [-0.1, -0.05) is 12.1 Å². The molecule has 1 saturated heterocycles. The molecule has 1 aliphatic heterocycles. The van der Waals surface area contributed by atoms with Crippen LogP contribution in [0.1, 0.15) is 23.2 Å². The van der Waals surface area contributed by atoms with Crippen LogP contribution in [0.3, 0.4) is 0 Å². The van der Waals surface area contributed by atoms with E-state index in [0.29, 0.717) is 11.3 Å². The highest BCUT2D eigenvalue weighted by Crippen LogP contribution is 2.30. The largest absolute Gasteiger partial charge is 0.374 e. The van der Waals surface area contributed by atoms with E-state index >= 15 is 0 Å². The predicted octanol–water partition coefficient (Wildman–Crippen LogP) is 2.58. The molecule has 0 atom stereocenters. The van der Waals surface area contributed by atoms with Crippen molar-refractivity contribution in [3.63, 3.8) is 0 Å². The number of primary amides is 1. The summed E-state index contributed by atoms with van der Waals surface area (Å²) in [7, 11) is 0. The number of anilines is 3. The number of rotatable bonds is 6. The van der Waals surface area contributed by atoms with Crippen LogP contribution in [-0.2, 0) is 4.79 Å². The van der Waals surface area contributed by atoms with E-state index in [-0.39, 0.29) is 18.1 Å². The Balaban J connectivity index is 1.73. The van der Waals surface area contributed by atoms with Gasteiger partial charge in [-0.25, -0.2) is 4.39 Å². The van der Waals surface area contributed by atoms with Gasteiger partial charge in [-0.15, -0.1) is 0 Å². The highest BCUT2D eigenvalue weighted by Gasteiger charge is 2.17. The second kappa shape index (κ2) is 7.86. The number of nitrogens with zero attached hydrogens (tertiary/aromatic N) is 1. The molecule has 0 radical (unpaired) electrons. The Hall–Kier alpha value is -3.09. The van der Waals surface area contributed by atoms with E-state index in [1.807, 2.05) is 6.07 Å². The Morgan fingerprint density at radius 2 is 1.81 bits per heavy atom. The lowest BCUT2D eigenvalue weighted by molar-refractivity contribution is -0.114. The van der Waals surface area contributed by atoms with Crippen LogP contribution in [0.4, 0.5) is 21.5 Å². The fourth-order valence-corrected chi connectivity index (χ4v) is 3.00. The number of carbonyl (C=O) groups excluding carboxylic acids is 2. The molecule has 1 heterocycles. The summed E-state index contributed by atoms with van der Waals surface area (Å²) in [5.74, 6) is -1.40. The lowest BCUT2D eigenvalue weighted by Gasteiger charge is -2.22. The molecule has 26 heavy (non-hydrogen) atoms. The maximum atomic E-state index is 13.6. The fourth-order valence-electron chi connectivity index (χ4n) is 3.00.